The molecule has 0 aliphatic carbocycles. The molecule has 0 saturated carbocycles. The van der Waals surface area contributed by atoms with Gasteiger partial charge in [-0.15, -0.1) is 0 Å². The Labute approximate surface area is 149 Å². The third-order valence-corrected chi connectivity index (χ3v) is 5.57. The molecule has 0 radical (unpaired) electrons. The van der Waals surface area contributed by atoms with Gasteiger partial charge in [0.25, 0.3) is 5.91 Å². The number of carbonyl (C=O) groups is 2. The van der Waals surface area contributed by atoms with E-state index in [4.69, 9.17) is 4.74 Å². The van der Waals surface area contributed by atoms with Gasteiger partial charge in [0, 0.05) is 25.3 Å². The molecule has 2 saturated heterocycles. The van der Waals surface area contributed by atoms with Crippen LogP contribution in [0.3, 0.4) is 0 Å². The van der Waals surface area contributed by atoms with Gasteiger partial charge in [-0.3, -0.25) is 9.59 Å². The zero-order valence-electron chi connectivity index (χ0n) is 15.0. The number of benzene rings is 1. The third kappa shape index (κ3) is 3.87. The van der Waals surface area contributed by atoms with Gasteiger partial charge in [-0.2, -0.15) is 0 Å². The molecule has 2 atom stereocenters. The van der Waals surface area contributed by atoms with E-state index in [0.717, 1.165) is 18.4 Å². The summed E-state index contributed by atoms with van der Waals surface area (Å²) in [5.74, 6) is -0.401. The summed E-state index contributed by atoms with van der Waals surface area (Å²) < 4.78 is 5.70. The van der Waals surface area contributed by atoms with Crippen LogP contribution < -0.4 is 0 Å². The number of likely N-dealkylation sites (tertiary alicyclic amines) is 1. The normalized spacial score (nSPS) is 24.7. The highest BCUT2D eigenvalue weighted by molar-refractivity contribution is 5.94. The van der Waals surface area contributed by atoms with E-state index in [1.54, 1.807) is 0 Å². The van der Waals surface area contributed by atoms with E-state index in [2.05, 4.69) is 13.8 Å². The second-order valence-electron chi connectivity index (χ2n) is 7.48. The summed E-state index contributed by atoms with van der Waals surface area (Å²) in [6.45, 7) is 6.14. The van der Waals surface area contributed by atoms with Crippen LogP contribution in [0.5, 0.6) is 0 Å². The maximum absolute atomic E-state index is 12.7. The van der Waals surface area contributed by atoms with Gasteiger partial charge in [-0.1, -0.05) is 26.0 Å². The number of rotatable bonds is 4. The number of hydrogen-bond donors (Lipinski definition) is 1. The third-order valence-electron chi connectivity index (χ3n) is 5.57. The predicted octanol–water partition coefficient (Wildman–Crippen LogP) is 3.15. The lowest BCUT2D eigenvalue weighted by Gasteiger charge is -2.35. The molecule has 2 aliphatic rings. The summed E-state index contributed by atoms with van der Waals surface area (Å²) in [6.07, 6.45) is 2.02. The predicted molar refractivity (Wildman–Crippen MR) is 94.6 cm³/mol. The number of carboxylic acid groups (broad SMARTS) is 1. The van der Waals surface area contributed by atoms with Crippen molar-refractivity contribution in [1.29, 1.82) is 0 Å². The van der Waals surface area contributed by atoms with Crippen LogP contribution in [0.25, 0.3) is 0 Å². The van der Waals surface area contributed by atoms with Crippen molar-refractivity contribution in [2.24, 2.45) is 11.8 Å². The average Bonchev–Trinajstić information content (AvgIpc) is 3.11. The highest BCUT2D eigenvalue weighted by Gasteiger charge is 2.40. The van der Waals surface area contributed by atoms with Crippen LogP contribution in [0.1, 0.15) is 54.9 Å². The lowest BCUT2D eigenvalue weighted by molar-refractivity contribution is -0.145. The largest absolute Gasteiger partial charge is 0.481 e. The Balaban J connectivity index is 1.58. The van der Waals surface area contributed by atoms with Gasteiger partial charge < -0.3 is 14.7 Å². The van der Waals surface area contributed by atoms with E-state index in [1.165, 1.54) is 5.56 Å². The van der Waals surface area contributed by atoms with Crippen molar-refractivity contribution in [2.45, 2.75) is 45.1 Å². The Hall–Kier alpha value is -1.88. The maximum Gasteiger partial charge on any atom is 0.309 e. The SMILES string of the molecule is CC(C)c1ccc(C(=O)N2CCC([C@@H]3OCCC3C(=O)O)CC2)cc1. The summed E-state index contributed by atoms with van der Waals surface area (Å²) in [6, 6.07) is 7.86. The molecule has 3 rings (SSSR count). The molecule has 136 valence electrons. The van der Waals surface area contributed by atoms with Crippen LogP contribution in [0.15, 0.2) is 24.3 Å². The molecular weight excluding hydrogens is 318 g/mol. The number of carboxylic acids is 1. The molecule has 2 fully saturated rings. The van der Waals surface area contributed by atoms with E-state index in [1.807, 2.05) is 29.2 Å². The molecule has 25 heavy (non-hydrogen) atoms. The van der Waals surface area contributed by atoms with Gasteiger partial charge in [0.2, 0.25) is 0 Å². The molecule has 1 N–H and O–H groups in total. The lowest BCUT2D eigenvalue weighted by Crippen LogP contribution is -2.43. The van der Waals surface area contributed by atoms with Crippen LogP contribution in [0.2, 0.25) is 0 Å². The van der Waals surface area contributed by atoms with Crippen molar-refractivity contribution < 1.29 is 19.4 Å². The molecule has 0 aromatic heterocycles. The monoisotopic (exact) mass is 345 g/mol. The number of nitrogens with zero attached hydrogens (tertiary/aromatic N) is 1. The van der Waals surface area contributed by atoms with Crippen molar-refractivity contribution in [1.82, 2.24) is 4.90 Å². The molecule has 2 aliphatic heterocycles. The van der Waals surface area contributed by atoms with E-state index in [9.17, 15) is 14.7 Å². The fourth-order valence-corrected chi connectivity index (χ4v) is 3.96. The Morgan fingerprint density at radius 2 is 1.76 bits per heavy atom. The van der Waals surface area contributed by atoms with Gasteiger partial charge in [0.1, 0.15) is 0 Å². The van der Waals surface area contributed by atoms with Crippen molar-refractivity contribution >= 4 is 11.9 Å². The van der Waals surface area contributed by atoms with Crippen LogP contribution in [-0.2, 0) is 9.53 Å². The van der Waals surface area contributed by atoms with Crippen molar-refractivity contribution in [3.8, 4) is 0 Å². The summed E-state index contributed by atoms with van der Waals surface area (Å²) in [5.41, 5.74) is 1.96. The van der Waals surface area contributed by atoms with E-state index < -0.39 is 11.9 Å². The van der Waals surface area contributed by atoms with Crippen LogP contribution >= 0.6 is 0 Å². The molecular formula is C20H27NO4. The van der Waals surface area contributed by atoms with Gasteiger partial charge in [0.15, 0.2) is 0 Å². The Morgan fingerprint density at radius 1 is 1.12 bits per heavy atom. The van der Waals surface area contributed by atoms with Gasteiger partial charge in [0.05, 0.1) is 12.0 Å². The summed E-state index contributed by atoms with van der Waals surface area (Å²) >= 11 is 0. The fourth-order valence-electron chi connectivity index (χ4n) is 3.96. The standard InChI is InChI=1S/C20H27NO4/c1-13(2)14-3-5-16(6-4-14)19(22)21-10-7-15(8-11-21)18-17(20(23)24)9-12-25-18/h3-6,13,15,17-18H,7-12H2,1-2H3,(H,23,24)/t17?,18-/m0/s1. The smallest absolute Gasteiger partial charge is 0.309 e. The summed E-state index contributed by atoms with van der Waals surface area (Å²) in [7, 11) is 0. The zero-order valence-corrected chi connectivity index (χ0v) is 15.0. The molecule has 5 nitrogen and oxygen atoms in total. The minimum Gasteiger partial charge on any atom is -0.481 e. The number of aliphatic carboxylic acids is 1. The average molecular weight is 345 g/mol. The number of carbonyl (C=O) groups excluding carboxylic acids is 1. The fraction of sp³-hybridized carbons (Fsp3) is 0.600. The van der Waals surface area contributed by atoms with Crippen molar-refractivity contribution in [3.05, 3.63) is 35.4 Å². The first kappa shape index (κ1) is 17.9. The number of ether oxygens (including phenoxy) is 1. The zero-order chi connectivity index (χ0) is 18.0. The Kier molecular flexibility index (Phi) is 5.42. The number of hydrogen-bond acceptors (Lipinski definition) is 3. The van der Waals surface area contributed by atoms with Gasteiger partial charge in [-0.25, -0.2) is 0 Å². The number of amides is 1. The second-order valence-corrected chi connectivity index (χ2v) is 7.48. The minimum atomic E-state index is -0.758. The quantitative estimate of drug-likeness (QED) is 0.910. The van der Waals surface area contributed by atoms with Crippen molar-refractivity contribution in [3.63, 3.8) is 0 Å². The number of piperidine rings is 1. The summed E-state index contributed by atoms with van der Waals surface area (Å²) in [5, 5.41) is 9.32. The summed E-state index contributed by atoms with van der Waals surface area (Å²) in [4.78, 5) is 25.9. The molecule has 1 aromatic carbocycles. The molecule has 1 amide bonds. The van der Waals surface area contributed by atoms with Crippen LogP contribution in [0.4, 0.5) is 0 Å². The minimum absolute atomic E-state index is 0.0656. The molecule has 0 spiro atoms. The van der Waals surface area contributed by atoms with E-state index >= 15 is 0 Å². The van der Waals surface area contributed by atoms with Crippen LogP contribution in [-0.4, -0.2) is 47.7 Å². The van der Waals surface area contributed by atoms with Crippen molar-refractivity contribution in [2.75, 3.05) is 19.7 Å². The lowest BCUT2D eigenvalue weighted by atomic mass is 9.84. The molecule has 2 heterocycles. The topological polar surface area (TPSA) is 66.8 Å². The first-order valence-electron chi connectivity index (χ1n) is 9.21. The molecule has 0 bridgehead atoms. The highest BCUT2D eigenvalue weighted by Crippen LogP contribution is 2.33. The van der Waals surface area contributed by atoms with E-state index in [-0.39, 0.29) is 17.9 Å². The molecule has 1 aromatic rings. The second kappa shape index (κ2) is 7.56. The first-order chi connectivity index (χ1) is 12.0. The Morgan fingerprint density at radius 3 is 2.32 bits per heavy atom. The van der Waals surface area contributed by atoms with Crippen LogP contribution in [0, 0.1) is 11.8 Å². The van der Waals surface area contributed by atoms with Gasteiger partial charge >= 0.3 is 5.97 Å². The Bertz CT molecular complexity index is 617. The van der Waals surface area contributed by atoms with E-state index in [0.29, 0.717) is 32.0 Å². The van der Waals surface area contributed by atoms with Gasteiger partial charge in [-0.05, 0) is 48.8 Å². The highest BCUT2D eigenvalue weighted by atomic mass is 16.5. The molecule has 1 unspecified atom stereocenters. The molecule has 5 heteroatoms. The maximum atomic E-state index is 12.7. The first-order valence-corrected chi connectivity index (χ1v) is 9.21.